The van der Waals surface area contributed by atoms with Crippen molar-refractivity contribution in [3.63, 3.8) is 0 Å². The summed E-state index contributed by atoms with van der Waals surface area (Å²) < 4.78 is 1.79. The molecular weight excluding hydrogens is 454 g/mol. The van der Waals surface area contributed by atoms with Gasteiger partial charge in [-0.05, 0) is 31.5 Å². The minimum Gasteiger partial charge on any atom is -0.396 e. The van der Waals surface area contributed by atoms with Crippen LogP contribution in [0.1, 0.15) is 48.3 Å². The lowest BCUT2D eigenvalue weighted by atomic mass is 9.86. The Morgan fingerprint density at radius 3 is 2.64 bits per heavy atom. The molecule has 2 N–H and O–H groups in total. The van der Waals surface area contributed by atoms with Gasteiger partial charge in [0.2, 0.25) is 5.91 Å². The average Bonchev–Trinajstić information content (AvgIpc) is 3.10. The predicted octanol–water partition coefficient (Wildman–Crippen LogP) is 2.71. The van der Waals surface area contributed by atoms with E-state index in [1.54, 1.807) is 23.0 Å². The normalized spacial score (nSPS) is 24.0. The average molecular weight is 486 g/mol. The number of carbonyl (C=O) groups excluding carboxylic acids is 1. The van der Waals surface area contributed by atoms with Crippen molar-refractivity contribution in [2.45, 2.75) is 45.1 Å². The molecule has 0 saturated carbocycles. The number of nitrogens with zero attached hydrogens (tertiary/aromatic N) is 4. The van der Waals surface area contributed by atoms with Crippen molar-refractivity contribution in [1.82, 2.24) is 24.8 Å². The summed E-state index contributed by atoms with van der Waals surface area (Å²) in [6.45, 7) is 4.63. The summed E-state index contributed by atoms with van der Waals surface area (Å²) in [6, 6.07) is 12.9. The molecule has 0 aliphatic carbocycles. The van der Waals surface area contributed by atoms with Crippen LogP contribution in [0.5, 0.6) is 0 Å². The number of amides is 1. The van der Waals surface area contributed by atoms with Crippen LogP contribution in [0.25, 0.3) is 6.08 Å². The Morgan fingerprint density at radius 1 is 1.19 bits per heavy atom. The van der Waals surface area contributed by atoms with Crippen molar-refractivity contribution in [2.24, 2.45) is 11.8 Å². The van der Waals surface area contributed by atoms with Gasteiger partial charge < -0.3 is 15.0 Å². The number of carbonyl (C=O) groups is 1. The lowest BCUT2D eigenvalue weighted by molar-refractivity contribution is -0.128. The van der Waals surface area contributed by atoms with E-state index >= 15 is 0 Å². The number of pyridine rings is 1. The first-order chi connectivity index (χ1) is 17.5. The summed E-state index contributed by atoms with van der Waals surface area (Å²) in [5.41, 5.74) is 3.27. The number of aliphatic hydroxyl groups is 1. The zero-order chi connectivity index (χ0) is 25.2. The molecule has 5 rings (SSSR count). The topological polar surface area (TPSA) is 100 Å². The molecule has 1 aromatic carbocycles. The van der Waals surface area contributed by atoms with Gasteiger partial charge in [0.25, 0.3) is 5.56 Å². The van der Waals surface area contributed by atoms with Crippen LogP contribution >= 0.6 is 0 Å². The van der Waals surface area contributed by atoms with Gasteiger partial charge >= 0.3 is 0 Å². The Morgan fingerprint density at radius 2 is 1.94 bits per heavy atom. The highest BCUT2D eigenvalue weighted by atomic mass is 16.3. The smallest absolute Gasteiger partial charge is 0.258 e. The molecule has 2 aliphatic rings. The quantitative estimate of drug-likeness (QED) is 0.534. The fourth-order valence-corrected chi connectivity index (χ4v) is 5.82. The standard InChI is InChI=1S/C28H31N5O3/c1-3-7-21-10-11-23-26-25(27(35)31-18(2)20-8-5-4-6-9-20)22(16-34)24(15-33(23)28(21)36)32(26)14-19-12-29-17-30-13-19/h3-13,17-18,22,24-26,34H,14-16H2,1-2H3,(H,31,35)/b7-3+/t18-,22-,24-,25+,26+/m1/s1. The molecule has 186 valence electrons. The van der Waals surface area contributed by atoms with Gasteiger partial charge in [0.05, 0.1) is 18.0 Å². The van der Waals surface area contributed by atoms with Gasteiger partial charge in [-0.1, -0.05) is 42.5 Å². The molecule has 0 radical (unpaired) electrons. The van der Waals surface area contributed by atoms with Gasteiger partial charge in [-0.3, -0.25) is 14.5 Å². The summed E-state index contributed by atoms with van der Waals surface area (Å²) in [5, 5.41) is 13.7. The van der Waals surface area contributed by atoms with Crippen LogP contribution in [0.15, 0.2) is 72.1 Å². The molecule has 2 aliphatic heterocycles. The zero-order valence-corrected chi connectivity index (χ0v) is 20.5. The van der Waals surface area contributed by atoms with Gasteiger partial charge in [0, 0.05) is 60.9 Å². The van der Waals surface area contributed by atoms with Crippen LogP contribution in [0.3, 0.4) is 0 Å². The molecule has 4 heterocycles. The Labute approximate surface area is 210 Å². The molecule has 1 amide bonds. The summed E-state index contributed by atoms with van der Waals surface area (Å²) >= 11 is 0. The van der Waals surface area contributed by atoms with Gasteiger partial charge in [-0.2, -0.15) is 0 Å². The molecule has 5 atom stereocenters. The minimum absolute atomic E-state index is 0.0707. The van der Waals surface area contributed by atoms with Crippen molar-refractivity contribution >= 4 is 12.0 Å². The maximum atomic E-state index is 13.8. The summed E-state index contributed by atoms with van der Waals surface area (Å²) in [6.07, 6.45) is 8.68. The number of fused-ring (bicyclic) bond motifs is 4. The lowest BCUT2D eigenvalue weighted by Crippen LogP contribution is -2.46. The van der Waals surface area contributed by atoms with E-state index in [1.807, 2.05) is 62.4 Å². The fraction of sp³-hybridized carbons (Fsp3) is 0.357. The van der Waals surface area contributed by atoms with E-state index in [-0.39, 0.29) is 42.1 Å². The second-order valence-electron chi connectivity index (χ2n) is 9.57. The number of aromatic nitrogens is 3. The van der Waals surface area contributed by atoms with Crippen LogP contribution in [-0.4, -0.2) is 43.1 Å². The Bertz CT molecular complexity index is 1310. The Kier molecular flexibility index (Phi) is 6.80. The molecule has 1 fully saturated rings. The highest BCUT2D eigenvalue weighted by Gasteiger charge is 2.55. The summed E-state index contributed by atoms with van der Waals surface area (Å²) in [4.78, 5) is 37.7. The van der Waals surface area contributed by atoms with Crippen LogP contribution < -0.4 is 10.9 Å². The van der Waals surface area contributed by atoms with E-state index in [9.17, 15) is 14.7 Å². The minimum atomic E-state index is -0.517. The highest BCUT2D eigenvalue weighted by Crippen LogP contribution is 2.49. The van der Waals surface area contributed by atoms with E-state index in [4.69, 9.17) is 0 Å². The number of hydrogen-bond acceptors (Lipinski definition) is 6. The van der Waals surface area contributed by atoms with E-state index < -0.39 is 5.92 Å². The second kappa shape index (κ2) is 10.2. The highest BCUT2D eigenvalue weighted by molar-refractivity contribution is 5.81. The maximum Gasteiger partial charge on any atom is 0.258 e. The molecular formula is C28H31N5O3. The molecule has 36 heavy (non-hydrogen) atoms. The van der Waals surface area contributed by atoms with E-state index in [0.717, 1.165) is 16.8 Å². The van der Waals surface area contributed by atoms with Gasteiger partial charge in [0.1, 0.15) is 6.33 Å². The monoisotopic (exact) mass is 485 g/mol. The first-order valence-electron chi connectivity index (χ1n) is 12.4. The van der Waals surface area contributed by atoms with Crippen molar-refractivity contribution in [3.8, 4) is 0 Å². The maximum absolute atomic E-state index is 13.8. The van der Waals surface area contributed by atoms with Gasteiger partial charge in [0.15, 0.2) is 0 Å². The number of allylic oxidation sites excluding steroid dienone is 1. The molecule has 2 bridgehead atoms. The first-order valence-corrected chi connectivity index (χ1v) is 12.4. The van der Waals surface area contributed by atoms with E-state index in [2.05, 4.69) is 20.2 Å². The lowest BCUT2D eigenvalue weighted by Gasteiger charge is -2.38. The van der Waals surface area contributed by atoms with Crippen molar-refractivity contribution in [2.75, 3.05) is 6.61 Å². The fourth-order valence-electron chi connectivity index (χ4n) is 5.82. The number of nitrogens with one attached hydrogen (secondary N) is 1. The third kappa shape index (κ3) is 4.27. The van der Waals surface area contributed by atoms with E-state index in [0.29, 0.717) is 18.7 Å². The van der Waals surface area contributed by atoms with Crippen molar-refractivity contribution < 1.29 is 9.90 Å². The number of benzene rings is 1. The second-order valence-corrected chi connectivity index (χ2v) is 9.57. The molecule has 2 aromatic heterocycles. The molecule has 0 unspecified atom stereocenters. The van der Waals surface area contributed by atoms with Gasteiger partial charge in [-0.15, -0.1) is 0 Å². The molecule has 1 saturated heterocycles. The summed E-state index contributed by atoms with van der Waals surface area (Å²) in [5.74, 6) is -0.964. The third-order valence-corrected chi connectivity index (χ3v) is 7.49. The molecule has 3 aromatic rings. The largest absolute Gasteiger partial charge is 0.396 e. The number of rotatable bonds is 7. The van der Waals surface area contributed by atoms with Crippen molar-refractivity contribution in [3.05, 3.63) is 100.0 Å². The molecule has 8 nitrogen and oxygen atoms in total. The van der Waals surface area contributed by atoms with Crippen molar-refractivity contribution in [1.29, 1.82) is 0 Å². The van der Waals surface area contributed by atoms with Crippen LogP contribution in [-0.2, 0) is 17.9 Å². The SMILES string of the molecule is C/C=C/c1ccc2n(c1=O)C[C@@H]1[C@@H](CO)[C@H](C(=O)N[C@H](C)c3ccccc3)[C@H]2N1Cc1cncnc1. The molecule has 0 spiro atoms. The Balaban J connectivity index is 1.55. The van der Waals surface area contributed by atoms with Crippen LogP contribution in [0, 0.1) is 11.8 Å². The Hall–Kier alpha value is -3.62. The third-order valence-electron chi connectivity index (χ3n) is 7.49. The van der Waals surface area contributed by atoms with Gasteiger partial charge in [-0.25, -0.2) is 9.97 Å². The predicted molar refractivity (Wildman–Crippen MR) is 137 cm³/mol. The summed E-state index contributed by atoms with van der Waals surface area (Å²) in [7, 11) is 0. The van der Waals surface area contributed by atoms with Crippen LogP contribution in [0.4, 0.5) is 0 Å². The first kappa shape index (κ1) is 24.1. The van der Waals surface area contributed by atoms with Crippen LogP contribution in [0.2, 0.25) is 0 Å². The zero-order valence-electron chi connectivity index (χ0n) is 20.5. The van der Waals surface area contributed by atoms with E-state index in [1.165, 1.54) is 6.33 Å². The molecule has 8 heteroatoms. The number of aliphatic hydroxyl groups excluding tert-OH is 1. The number of hydrogen-bond donors (Lipinski definition) is 2.